The minimum absolute atomic E-state index is 0.0112. The zero-order valence-corrected chi connectivity index (χ0v) is 20.6. The summed E-state index contributed by atoms with van der Waals surface area (Å²) in [5.74, 6) is -0.116. The minimum Gasteiger partial charge on any atom is -0.329 e. The van der Waals surface area contributed by atoms with E-state index >= 15 is 0 Å². The first kappa shape index (κ1) is 23.2. The summed E-state index contributed by atoms with van der Waals surface area (Å²) in [6, 6.07) is 19.6. The van der Waals surface area contributed by atoms with Crippen LogP contribution in [0.25, 0.3) is 0 Å². The summed E-state index contributed by atoms with van der Waals surface area (Å²) in [5, 5.41) is 2.02. The Morgan fingerprint density at radius 2 is 1.76 bits per heavy atom. The van der Waals surface area contributed by atoms with E-state index < -0.39 is 5.92 Å². The topological polar surface area (TPSA) is 40.6 Å². The zero-order chi connectivity index (χ0) is 23.5. The molecule has 1 aliphatic rings. The van der Waals surface area contributed by atoms with Gasteiger partial charge in [0, 0.05) is 29.2 Å². The maximum absolute atomic E-state index is 14.3. The molecule has 2 atom stereocenters. The number of amides is 2. The lowest BCUT2D eigenvalue weighted by atomic mass is 9.80. The van der Waals surface area contributed by atoms with Crippen LogP contribution in [0, 0.1) is 5.92 Å². The summed E-state index contributed by atoms with van der Waals surface area (Å²) in [6.45, 7) is 9.54. The molecule has 4 rings (SSSR count). The van der Waals surface area contributed by atoms with Gasteiger partial charge in [-0.2, -0.15) is 0 Å². The summed E-state index contributed by atoms with van der Waals surface area (Å²) in [6.07, 6.45) is 0.961. The van der Waals surface area contributed by atoms with Crippen molar-refractivity contribution >= 4 is 28.8 Å². The Morgan fingerprint density at radius 3 is 2.36 bits per heavy atom. The van der Waals surface area contributed by atoms with E-state index in [4.69, 9.17) is 0 Å². The molecule has 172 valence electrons. The largest absolute Gasteiger partial charge is 0.329 e. The lowest BCUT2D eigenvalue weighted by Gasteiger charge is -2.43. The fourth-order valence-corrected chi connectivity index (χ4v) is 5.65. The average molecular weight is 461 g/mol. The lowest BCUT2D eigenvalue weighted by molar-refractivity contribution is -0.121. The van der Waals surface area contributed by atoms with Crippen LogP contribution in [-0.4, -0.2) is 29.8 Å². The molecule has 2 heterocycles. The van der Waals surface area contributed by atoms with E-state index in [9.17, 15) is 9.59 Å². The van der Waals surface area contributed by atoms with Crippen molar-refractivity contribution < 1.29 is 9.59 Å². The molecule has 1 aromatic heterocycles. The Morgan fingerprint density at radius 1 is 1.03 bits per heavy atom. The third kappa shape index (κ3) is 4.47. The Kier molecular flexibility index (Phi) is 6.99. The first-order valence-electron chi connectivity index (χ1n) is 11.8. The minimum atomic E-state index is -0.456. The van der Waals surface area contributed by atoms with Gasteiger partial charge in [0.1, 0.15) is 0 Å². The molecule has 1 aliphatic heterocycles. The van der Waals surface area contributed by atoms with Crippen molar-refractivity contribution in [3.63, 3.8) is 0 Å². The van der Waals surface area contributed by atoms with Crippen molar-refractivity contribution in [1.29, 1.82) is 0 Å². The van der Waals surface area contributed by atoms with Crippen LogP contribution in [0.4, 0.5) is 5.69 Å². The molecule has 0 spiro atoms. The molecule has 0 aliphatic carbocycles. The molecule has 33 heavy (non-hydrogen) atoms. The van der Waals surface area contributed by atoms with E-state index in [-0.39, 0.29) is 17.9 Å². The van der Waals surface area contributed by atoms with E-state index in [1.54, 1.807) is 11.3 Å². The van der Waals surface area contributed by atoms with Gasteiger partial charge in [0.25, 0.3) is 5.91 Å². The standard InChI is InChI=1S/C28H32N2O2S/c1-5-20-13-15-21(16-14-20)29(6-2)28(32)25-22-10-7-8-11-23(22)27(31)30(18-19(3)4)26(25)24-12-9-17-33-24/h7-17,19,25-26H,5-6,18H2,1-4H3/t25-,26+/m0/s1. The molecule has 0 N–H and O–H groups in total. The maximum atomic E-state index is 14.3. The predicted molar refractivity (Wildman–Crippen MR) is 136 cm³/mol. The molecule has 4 nitrogen and oxygen atoms in total. The van der Waals surface area contributed by atoms with Crippen LogP contribution < -0.4 is 4.90 Å². The third-order valence-corrected chi connectivity index (χ3v) is 7.28. The van der Waals surface area contributed by atoms with Crippen LogP contribution in [0.5, 0.6) is 0 Å². The second-order valence-electron chi connectivity index (χ2n) is 8.98. The summed E-state index contributed by atoms with van der Waals surface area (Å²) in [7, 11) is 0. The van der Waals surface area contributed by atoms with Gasteiger partial charge in [-0.05, 0) is 60.0 Å². The summed E-state index contributed by atoms with van der Waals surface area (Å²) in [5.41, 5.74) is 3.61. The molecule has 2 amide bonds. The van der Waals surface area contributed by atoms with Crippen LogP contribution in [0.15, 0.2) is 66.0 Å². The third-order valence-electron chi connectivity index (χ3n) is 6.34. The number of benzene rings is 2. The highest BCUT2D eigenvalue weighted by molar-refractivity contribution is 7.10. The van der Waals surface area contributed by atoms with Crippen LogP contribution in [0.2, 0.25) is 0 Å². The van der Waals surface area contributed by atoms with Crippen LogP contribution >= 0.6 is 11.3 Å². The molecule has 5 heteroatoms. The van der Waals surface area contributed by atoms with Crippen LogP contribution in [-0.2, 0) is 11.2 Å². The molecule has 0 fully saturated rings. The van der Waals surface area contributed by atoms with Crippen molar-refractivity contribution in [1.82, 2.24) is 4.90 Å². The highest BCUT2D eigenvalue weighted by Crippen LogP contribution is 2.45. The SMILES string of the molecule is CCc1ccc(N(CC)C(=O)[C@H]2c3ccccc3C(=O)N(CC(C)C)[C@@H]2c2cccs2)cc1. The molecular formula is C28H32N2O2S. The number of rotatable bonds is 7. The molecular weight excluding hydrogens is 428 g/mol. The first-order chi connectivity index (χ1) is 16.0. The van der Waals surface area contributed by atoms with Gasteiger partial charge in [-0.3, -0.25) is 9.59 Å². The summed E-state index contributed by atoms with van der Waals surface area (Å²) in [4.78, 5) is 32.7. The first-order valence-corrected chi connectivity index (χ1v) is 12.7. The molecule has 3 aromatic rings. The van der Waals surface area contributed by atoms with Gasteiger partial charge in [-0.15, -0.1) is 11.3 Å². The Balaban J connectivity index is 1.85. The molecule has 0 saturated carbocycles. The molecule has 0 unspecified atom stereocenters. The number of hydrogen-bond acceptors (Lipinski definition) is 3. The van der Waals surface area contributed by atoms with Crippen LogP contribution in [0.1, 0.15) is 66.0 Å². The average Bonchev–Trinajstić information content (AvgIpc) is 3.36. The number of nitrogens with zero attached hydrogens (tertiary/aromatic N) is 2. The second kappa shape index (κ2) is 9.92. The number of likely N-dealkylation sites (N-methyl/N-ethyl adjacent to an activating group) is 1. The number of fused-ring (bicyclic) bond motifs is 1. The summed E-state index contributed by atoms with van der Waals surface area (Å²) < 4.78 is 0. The van der Waals surface area contributed by atoms with E-state index in [0.29, 0.717) is 24.6 Å². The monoisotopic (exact) mass is 460 g/mol. The van der Waals surface area contributed by atoms with E-state index in [2.05, 4.69) is 39.0 Å². The Labute approximate surface area is 200 Å². The quantitative estimate of drug-likeness (QED) is 0.415. The van der Waals surface area contributed by atoms with E-state index in [1.807, 2.05) is 64.6 Å². The molecule has 2 aromatic carbocycles. The van der Waals surface area contributed by atoms with Crippen molar-refractivity contribution in [3.05, 3.63) is 87.6 Å². The number of anilines is 1. The number of hydrogen-bond donors (Lipinski definition) is 0. The van der Waals surface area contributed by atoms with Gasteiger partial charge in [0.2, 0.25) is 5.91 Å². The van der Waals surface area contributed by atoms with Crippen molar-refractivity contribution in [2.75, 3.05) is 18.0 Å². The van der Waals surface area contributed by atoms with Crippen LogP contribution in [0.3, 0.4) is 0 Å². The van der Waals surface area contributed by atoms with E-state index in [0.717, 1.165) is 22.5 Å². The van der Waals surface area contributed by atoms with Crippen molar-refractivity contribution in [2.24, 2.45) is 5.92 Å². The number of thiophene rings is 1. The van der Waals surface area contributed by atoms with E-state index in [1.165, 1.54) is 5.56 Å². The number of aryl methyl sites for hydroxylation is 1. The Hall–Kier alpha value is -2.92. The highest BCUT2D eigenvalue weighted by atomic mass is 32.1. The Bertz CT molecular complexity index is 1110. The molecule has 0 saturated heterocycles. The molecule has 0 bridgehead atoms. The number of carbonyl (C=O) groups is 2. The van der Waals surface area contributed by atoms with Gasteiger partial charge >= 0.3 is 0 Å². The predicted octanol–water partition coefficient (Wildman–Crippen LogP) is 6.30. The zero-order valence-electron chi connectivity index (χ0n) is 19.8. The van der Waals surface area contributed by atoms with Gasteiger partial charge in [0.15, 0.2) is 0 Å². The highest BCUT2D eigenvalue weighted by Gasteiger charge is 2.46. The fraction of sp³-hybridized carbons (Fsp3) is 0.357. The lowest BCUT2D eigenvalue weighted by Crippen LogP contribution is -2.49. The number of carbonyl (C=O) groups excluding carboxylic acids is 2. The van der Waals surface area contributed by atoms with Gasteiger partial charge in [-0.25, -0.2) is 0 Å². The maximum Gasteiger partial charge on any atom is 0.254 e. The van der Waals surface area contributed by atoms with Crippen molar-refractivity contribution in [2.45, 2.75) is 46.1 Å². The van der Waals surface area contributed by atoms with Gasteiger partial charge in [-0.1, -0.05) is 57.2 Å². The normalized spacial score (nSPS) is 17.8. The van der Waals surface area contributed by atoms with Crippen molar-refractivity contribution in [3.8, 4) is 0 Å². The fourth-order valence-electron chi connectivity index (χ4n) is 4.77. The summed E-state index contributed by atoms with van der Waals surface area (Å²) >= 11 is 1.61. The van der Waals surface area contributed by atoms with Gasteiger partial charge < -0.3 is 9.80 Å². The molecule has 0 radical (unpaired) electrons. The smallest absolute Gasteiger partial charge is 0.254 e. The van der Waals surface area contributed by atoms with Gasteiger partial charge in [0.05, 0.1) is 12.0 Å². The second-order valence-corrected chi connectivity index (χ2v) is 9.96.